The zero-order valence-corrected chi connectivity index (χ0v) is 15.9. The number of piperazine rings is 1. The van der Waals surface area contributed by atoms with Gasteiger partial charge in [0.1, 0.15) is 18.3 Å². The van der Waals surface area contributed by atoms with Gasteiger partial charge in [-0.3, -0.25) is 4.90 Å². The van der Waals surface area contributed by atoms with Gasteiger partial charge < -0.3 is 29.1 Å². The first kappa shape index (κ1) is 20.2. The lowest BCUT2D eigenvalue weighted by Crippen LogP contribution is -2.49. The number of aromatic nitrogens is 2. The van der Waals surface area contributed by atoms with E-state index in [1.165, 1.54) is 0 Å². The highest BCUT2D eigenvalue weighted by Gasteiger charge is 2.50. The van der Waals surface area contributed by atoms with Crippen LogP contribution in [0.2, 0.25) is 0 Å². The van der Waals surface area contributed by atoms with Crippen LogP contribution in [0.1, 0.15) is 0 Å². The first-order valence-corrected chi connectivity index (χ1v) is 9.68. The highest BCUT2D eigenvalue weighted by molar-refractivity contribution is 5.29. The molecule has 12 nitrogen and oxygen atoms in total. The molecule has 4 rings (SSSR count). The monoisotopic (exact) mass is 411 g/mol. The van der Waals surface area contributed by atoms with Crippen LogP contribution in [0.15, 0.2) is 18.5 Å². The van der Waals surface area contributed by atoms with Gasteiger partial charge in [-0.05, 0) is 6.07 Å². The van der Waals surface area contributed by atoms with Crippen molar-refractivity contribution in [2.45, 2.75) is 30.5 Å². The largest absolute Gasteiger partial charge is 0.389 e. The van der Waals surface area contributed by atoms with Crippen LogP contribution in [0.4, 0.5) is 5.95 Å². The van der Waals surface area contributed by atoms with Gasteiger partial charge in [0, 0.05) is 45.1 Å². The second-order valence-corrected chi connectivity index (χ2v) is 7.33. The van der Waals surface area contributed by atoms with E-state index < -0.39 is 29.5 Å². The van der Waals surface area contributed by atoms with E-state index in [0.717, 1.165) is 32.1 Å². The lowest BCUT2D eigenvalue weighted by atomic mass is 10.1. The van der Waals surface area contributed by atoms with Gasteiger partial charge in [-0.1, -0.05) is 0 Å². The molecule has 3 saturated heterocycles. The number of fused-ring (bicyclic) bond motifs is 1. The summed E-state index contributed by atoms with van der Waals surface area (Å²) >= 11 is 0. The Morgan fingerprint density at radius 2 is 1.83 bits per heavy atom. The Morgan fingerprint density at radius 3 is 2.52 bits per heavy atom. The minimum atomic E-state index is -0.832. The maximum absolute atomic E-state index is 10.5. The van der Waals surface area contributed by atoms with Crippen LogP contribution >= 0.6 is 0 Å². The van der Waals surface area contributed by atoms with Crippen molar-refractivity contribution in [3.05, 3.63) is 28.6 Å². The smallest absolute Gasteiger partial charge is 0.294 e. The topological polar surface area (TPSA) is 133 Å². The molecule has 0 saturated carbocycles. The number of aliphatic hydroxyl groups excluding tert-OH is 1. The van der Waals surface area contributed by atoms with Crippen molar-refractivity contribution in [2.24, 2.45) is 0 Å². The highest BCUT2D eigenvalue weighted by atomic mass is 17.0. The molecule has 29 heavy (non-hydrogen) atoms. The van der Waals surface area contributed by atoms with Crippen LogP contribution in [0.5, 0.6) is 0 Å². The second kappa shape index (κ2) is 9.13. The van der Waals surface area contributed by atoms with Crippen LogP contribution in [0.3, 0.4) is 0 Å². The summed E-state index contributed by atoms with van der Waals surface area (Å²) in [7, 11) is 0. The average Bonchev–Trinajstić information content (AvgIpc) is 3.30. The zero-order chi connectivity index (χ0) is 20.2. The molecule has 1 unspecified atom stereocenters. The molecule has 0 amide bonds. The highest BCUT2D eigenvalue weighted by Crippen LogP contribution is 2.30. The summed E-state index contributed by atoms with van der Waals surface area (Å²) in [6.07, 6.45) is 0.762. The van der Waals surface area contributed by atoms with Gasteiger partial charge >= 0.3 is 0 Å². The number of hydrogen-bond acceptors (Lipinski definition) is 11. The molecule has 1 aromatic heterocycles. The molecular formula is C17H25N5O7. The Bertz CT molecular complexity index is 675. The molecule has 0 aromatic carbocycles. The maximum atomic E-state index is 10.5. The standard InChI is InChI=1S/C17H25N5O7/c23-12(8-20-4-6-21(7-5-20)17-18-2-1-3-19-17)9-26-13-10-27-16-14(29-22(24)25)11-28-15(13)16/h1-3,12-16,23H,4-11H2/t12?,13-,14+,15+,16+/m0/s1. The summed E-state index contributed by atoms with van der Waals surface area (Å²) in [4.78, 5) is 27.9. The van der Waals surface area contributed by atoms with E-state index in [-0.39, 0.29) is 25.9 Å². The van der Waals surface area contributed by atoms with Crippen molar-refractivity contribution in [3.8, 4) is 0 Å². The van der Waals surface area contributed by atoms with E-state index in [1.807, 2.05) is 0 Å². The third-order valence-corrected chi connectivity index (χ3v) is 5.36. The Kier molecular flexibility index (Phi) is 6.35. The summed E-state index contributed by atoms with van der Waals surface area (Å²) in [5.41, 5.74) is 0. The predicted octanol–water partition coefficient (Wildman–Crippen LogP) is -1.28. The molecule has 3 aliphatic heterocycles. The van der Waals surface area contributed by atoms with Crippen molar-refractivity contribution >= 4 is 5.95 Å². The van der Waals surface area contributed by atoms with Crippen molar-refractivity contribution in [1.82, 2.24) is 14.9 Å². The molecule has 12 heteroatoms. The molecule has 0 radical (unpaired) electrons. The fourth-order valence-corrected chi connectivity index (χ4v) is 3.94. The molecule has 0 spiro atoms. The van der Waals surface area contributed by atoms with Gasteiger partial charge in [0.2, 0.25) is 5.95 Å². The molecule has 0 bridgehead atoms. The Hall–Kier alpha value is -2.12. The third-order valence-electron chi connectivity index (χ3n) is 5.36. The predicted molar refractivity (Wildman–Crippen MR) is 97.8 cm³/mol. The van der Waals surface area contributed by atoms with Crippen molar-refractivity contribution in [3.63, 3.8) is 0 Å². The van der Waals surface area contributed by atoms with Crippen LogP contribution < -0.4 is 4.90 Å². The minimum absolute atomic E-state index is 0.0914. The van der Waals surface area contributed by atoms with Gasteiger partial charge in [0.15, 0.2) is 6.10 Å². The first-order valence-electron chi connectivity index (χ1n) is 9.68. The second-order valence-electron chi connectivity index (χ2n) is 7.33. The lowest BCUT2D eigenvalue weighted by molar-refractivity contribution is -0.769. The van der Waals surface area contributed by atoms with Crippen molar-refractivity contribution in [2.75, 3.05) is 57.4 Å². The summed E-state index contributed by atoms with van der Waals surface area (Å²) in [6, 6.07) is 1.79. The summed E-state index contributed by atoms with van der Waals surface area (Å²) in [5.74, 6) is 0.725. The summed E-state index contributed by atoms with van der Waals surface area (Å²) < 4.78 is 16.9. The van der Waals surface area contributed by atoms with E-state index >= 15 is 0 Å². The molecule has 3 aliphatic rings. The molecule has 5 atom stereocenters. The van der Waals surface area contributed by atoms with Crippen LogP contribution in [0, 0.1) is 10.1 Å². The maximum Gasteiger partial charge on any atom is 0.294 e. The van der Waals surface area contributed by atoms with Crippen molar-refractivity contribution < 1.29 is 29.2 Å². The summed E-state index contributed by atoms with van der Waals surface area (Å²) in [6.45, 7) is 4.18. The van der Waals surface area contributed by atoms with Gasteiger partial charge in [-0.2, -0.15) is 0 Å². The number of rotatable bonds is 8. The fraction of sp³-hybridized carbons (Fsp3) is 0.765. The number of anilines is 1. The molecular weight excluding hydrogens is 386 g/mol. The first-order chi connectivity index (χ1) is 14.1. The molecule has 0 aliphatic carbocycles. The van der Waals surface area contributed by atoms with Crippen molar-refractivity contribution in [1.29, 1.82) is 0 Å². The van der Waals surface area contributed by atoms with Crippen LogP contribution in [-0.2, 0) is 19.0 Å². The third kappa shape index (κ3) is 4.90. The number of β-amino-alcohol motifs (C(OH)–C–C–N with tert-alkyl or cyclic N) is 1. The molecule has 1 N–H and O–H groups in total. The van der Waals surface area contributed by atoms with E-state index in [2.05, 4.69) is 24.6 Å². The SMILES string of the molecule is O=[N+]([O-])O[C@@H]1CO[C@H]2[C@@H]1OC[C@@H]2OCC(O)CN1CCN(c2ncccn2)CC1. The molecule has 1 aromatic rings. The number of hydrogen-bond donors (Lipinski definition) is 1. The van der Waals surface area contributed by atoms with Crippen LogP contribution in [-0.4, -0.2) is 108 Å². The zero-order valence-electron chi connectivity index (χ0n) is 15.9. The number of ether oxygens (including phenoxy) is 3. The normalized spacial score (nSPS) is 30.9. The van der Waals surface area contributed by atoms with Gasteiger partial charge in [0.25, 0.3) is 5.09 Å². The Balaban J connectivity index is 1.17. The lowest BCUT2D eigenvalue weighted by Gasteiger charge is -2.35. The van der Waals surface area contributed by atoms with Gasteiger partial charge in [-0.15, -0.1) is 10.1 Å². The Morgan fingerprint density at radius 1 is 1.17 bits per heavy atom. The number of nitrogens with zero attached hydrogens (tertiary/aromatic N) is 5. The minimum Gasteiger partial charge on any atom is -0.389 e. The van der Waals surface area contributed by atoms with E-state index in [1.54, 1.807) is 18.5 Å². The Labute approximate surface area is 167 Å². The quantitative estimate of drug-likeness (QED) is 0.405. The molecule has 160 valence electrons. The summed E-state index contributed by atoms with van der Waals surface area (Å²) in [5, 5.41) is 20.0. The van der Waals surface area contributed by atoms with E-state index in [0.29, 0.717) is 6.54 Å². The van der Waals surface area contributed by atoms with Crippen LogP contribution in [0.25, 0.3) is 0 Å². The average molecular weight is 411 g/mol. The molecule has 3 fully saturated rings. The van der Waals surface area contributed by atoms with Gasteiger partial charge in [0.05, 0.1) is 25.9 Å². The van der Waals surface area contributed by atoms with E-state index in [4.69, 9.17) is 14.2 Å². The molecule has 4 heterocycles. The van der Waals surface area contributed by atoms with Gasteiger partial charge in [-0.25, -0.2) is 9.97 Å². The number of aliphatic hydroxyl groups is 1. The van der Waals surface area contributed by atoms with E-state index in [9.17, 15) is 15.2 Å². The fourth-order valence-electron chi connectivity index (χ4n) is 3.94.